The fraction of sp³-hybridized carbons (Fsp3) is 0.591. The topological polar surface area (TPSA) is 78.5 Å². The smallest absolute Gasteiger partial charge is 0.253 e. The molecule has 1 aromatic rings. The maximum absolute atomic E-state index is 13.0. The third-order valence-electron chi connectivity index (χ3n) is 5.94. The van der Waals surface area contributed by atoms with E-state index in [0.717, 1.165) is 19.3 Å². The molecule has 3 rings (SSSR count). The summed E-state index contributed by atoms with van der Waals surface area (Å²) >= 11 is 6.16. The molecule has 1 saturated heterocycles. The summed E-state index contributed by atoms with van der Waals surface area (Å²) in [6.45, 7) is 5.22. The highest BCUT2D eigenvalue weighted by atomic mass is 35.5. The molecule has 29 heavy (non-hydrogen) atoms. The molecule has 2 atom stereocenters. The van der Waals surface area contributed by atoms with Crippen LogP contribution in [-0.4, -0.2) is 47.8 Å². The quantitative estimate of drug-likeness (QED) is 0.713. The van der Waals surface area contributed by atoms with Gasteiger partial charge in [0.15, 0.2) is 0 Å². The van der Waals surface area contributed by atoms with E-state index in [2.05, 4.69) is 10.6 Å². The lowest BCUT2D eigenvalue weighted by Gasteiger charge is -2.36. The van der Waals surface area contributed by atoms with Gasteiger partial charge in [-0.2, -0.15) is 0 Å². The predicted octanol–water partition coefficient (Wildman–Crippen LogP) is 3.00. The van der Waals surface area contributed by atoms with Crippen molar-refractivity contribution in [3.05, 3.63) is 34.9 Å². The van der Waals surface area contributed by atoms with Gasteiger partial charge in [-0.05, 0) is 57.1 Å². The van der Waals surface area contributed by atoms with E-state index in [4.69, 9.17) is 11.6 Å². The van der Waals surface area contributed by atoms with Gasteiger partial charge >= 0.3 is 0 Å². The summed E-state index contributed by atoms with van der Waals surface area (Å²) in [7, 11) is 0. The maximum Gasteiger partial charge on any atom is 0.253 e. The zero-order valence-electron chi connectivity index (χ0n) is 17.1. The van der Waals surface area contributed by atoms with Crippen LogP contribution in [0.4, 0.5) is 0 Å². The summed E-state index contributed by atoms with van der Waals surface area (Å²) in [6.07, 6.45) is 4.18. The van der Waals surface area contributed by atoms with Crippen LogP contribution >= 0.6 is 11.6 Å². The van der Waals surface area contributed by atoms with Gasteiger partial charge in [-0.25, -0.2) is 0 Å². The van der Waals surface area contributed by atoms with Crippen LogP contribution in [0.5, 0.6) is 0 Å². The van der Waals surface area contributed by atoms with Gasteiger partial charge in [0.1, 0.15) is 6.04 Å². The van der Waals surface area contributed by atoms with E-state index in [1.54, 1.807) is 24.3 Å². The normalized spacial score (nSPS) is 19.3. The van der Waals surface area contributed by atoms with E-state index in [1.807, 2.05) is 18.7 Å². The zero-order chi connectivity index (χ0) is 21.0. The Bertz CT molecular complexity index is 757. The Kier molecular flexibility index (Phi) is 7.17. The number of benzene rings is 1. The molecule has 2 aliphatic rings. The molecule has 1 saturated carbocycles. The average molecular weight is 420 g/mol. The van der Waals surface area contributed by atoms with Crippen molar-refractivity contribution in [3.8, 4) is 0 Å². The highest BCUT2D eigenvalue weighted by molar-refractivity contribution is 6.33. The Hall–Kier alpha value is -2.08. The molecule has 0 radical (unpaired) electrons. The van der Waals surface area contributed by atoms with Gasteiger partial charge in [0.05, 0.1) is 10.6 Å². The third kappa shape index (κ3) is 5.50. The van der Waals surface area contributed by atoms with Crippen molar-refractivity contribution in [1.29, 1.82) is 0 Å². The number of amides is 3. The molecule has 0 aromatic heterocycles. The fourth-order valence-electron chi connectivity index (χ4n) is 3.74. The number of hydrogen-bond donors (Lipinski definition) is 2. The van der Waals surface area contributed by atoms with Crippen LogP contribution in [0.2, 0.25) is 5.02 Å². The first-order valence-electron chi connectivity index (χ1n) is 10.5. The average Bonchev–Trinajstić information content (AvgIpc) is 3.57. The summed E-state index contributed by atoms with van der Waals surface area (Å²) < 4.78 is 0. The lowest BCUT2D eigenvalue weighted by Crippen LogP contribution is -2.55. The van der Waals surface area contributed by atoms with Gasteiger partial charge in [-0.1, -0.05) is 30.7 Å². The number of likely N-dealkylation sites (tertiary alicyclic amines) is 1. The summed E-state index contributed by atoms with van der Waals surface area (Å²) in [5.41, 5.74) is 0.358. The molecular weight excluding hydrogens is 390 g/mol. The van der Waals surface area contributed by atoms with Crippen molar-refractivity contribution in [2.75, 3.05) is 13.1 Å². The summed E-state index contributed by atoms with van der Waals surface area (Å²) in [5.74, 6) is -0.100. The number of carbonyl (C=O) groups excluding carboxylic acids is 3. The van der Waals surface area contributed by atoms with E-state index in [-0.39, 0.29) is 35.6 Å². The predicted molar refractivity (Wildman–Crippen MR) is 113 cm³/mol. The van der Waals surface area contributed by atoms with Crippen molar-refractivity contribution >= 4 is 29.3 Å². The van der Waals surface area contributed by atoms with Gasteiger partial charge in [0, 0.05) is 25.0 Å². The first-order valence-corrected chi connectivity index (χ1v) is 10.9. The number of halogens is 1. The number of carbonyl (C=O) groups is 3. The highest BCUT2D eigenvalue weighted by Crippen LogP contribution is 2.33. The van der Waals surface area contributed by atoms with E-state index in [0.29, 0.717) is 36.5 Å². The van der Waals surface area contributed by atoms with E-state index >= 15 is 0 Å². The molecule has 7 heteroatoms. The van der Waals surface area contributed by atoms with Gasteiger partial charge in [-0.15, -0.1) is 0 Å². The molecule has 158 valence electrons. The van der Waals surface area contributed by atoms with Crippen molar-refractivity contribution in [2.24, 2.45) is 11.8 Å². The molecule has 2 N–H and O–H groups in total. The van der Waals surface area contributed by atoms with E-state index in [9.17, 15) is 14.4 Å². The van der Waals surface area contributed by atoms with Gasteiger partial charge in [0.2, 0.25) is 11.8 Å². The Morgan fingerprint density at radius 3 is 2.34 bits per heavy atom. The molecular formula is C22H30ClN3O3. The number of piperidine rings is 1. The number of hydrogen-bond acceptors (Lipinski definition) is 3. The molecule has 6 nitrogen and oxygen atoms in total. The van der Waals surface area contributed by atoms with Crippen LogP contribution in [0.15, 0.2) is 24.3 Å². The molecule has 1 heterocycles. The molecule has 0 bridgehead atoms. The molecule has 3 amide bonds. The molecule has 1 aromatic carbocycles. The second kappa shape index (κ2) is 9.61. The molecule has 1 aliphatic heterocycles. The SMILES string of the molecule is CCC(C)NC(=O)C(NC(=O)c1ccccc1Cl)C1CCN(C(=O)C2CC2)CC1. The standard InChI is InChI=1S/C22H30ClN3O3/c1-3-14(2)24-21(28)19(25-20(27)17-6-4-5-7-18(17)23)15-10-12-26(13-11-15)22(29)16-8-9-16/h4-7,14-16,19H,3,8-13H2,1-2H3,(H,24,28)(H,25,27). The van der Waals surface area contributed by atoms with Crippen LogP contribution in [-0.2, 0) is 9.59 Å². The first-order chi connectivity index (χ1) is 13.9. The second-order valence-corrected chi connectivity index (χ2v) is 8.59. The number of nitrogens with one attached hydrogen (secondary N) is 2. The van der Waals surface area contributed by atoms with Crippen molar-refractivity contribution in [2.45, 2.75) is 58.0 Å². The Morgan fingerprint density at radius 1 is 1.10 bits per heavy atom. The van der Waals surface area contributed by atoms with Gasteiger partial charge in [0.25, 0.3) is 5.91 Å². The van der Waals surface area contributed by atoms with Crippen molar-refractivity contribution < 1.29 is 14.4 Å². The Morgan fingerprint density at radius 2 is 1.76 bits per heavy atom. The lowest BCUT2D eigenvalue weighted by molar-refractivity contribution is -0.134. The first kappa shape index (κ1) is 21.6. The maximum atomic E-state index is 13.0. The van der Waals surface area contributed by atoms with Crippen LogP contribution in [0.1, 0.15) is 56.3 Å². The summed E-state index contributed by atoms with van der Waals surface area (Å²) in [6, 6.07) is 6.20. The molecule has 2 unspecified atom stereocenters. The second-order valence-electron chi connectivity index (χ2n) is 8.19. The third-order valence-corrected chi connectivity index (χ3v) is 6.27. The number of rotatable bonds is 7. The summed E-state index contributed by atoms with van der Waals surface area (Å²) in [4.78, 5) is 40.0. The Balaban J connectivity index is 1.69. The van der Waals surface area contributed by atoms with Crippen LogP contribution in [0, 0.1) is 11.8 Å². The monoisotopic (exact) mass is 419 g/mol. The van der Waals surface area contributed by atoms with Crippen LogP contribution in [0.25, 0.3) is 0 Å². The fourth-order valence-corrected chi connectivity index (χ4v) is 3.96. The molecule has 1 aliphatic carbocycles. The highest BCUT2D eigenvalue weighted by Gasteiger charge is 2.38. The lowest BCUT2D eigenvalue weighted by atomic mass is 9.88. The summed E-state index contributed by atoms with van der Waals surface area (Å²) in [5, 5.41) is 6.26. The van der Waals surface area contributed by atoms with Crippen molar-refractivity contribution in [3.63, 3.8) is 0 Å². The zero-order valence-corrected chi connectivity index (χ0v) is 17.9. The minimum Gasteiger partial charge on any atom is -0.352 e. The Labute approximate surface area is 177 Å². The molecule has 2 fully saturated rings. The number of nitrogens with zero attached hydrogens (tertiary/aromatic N) is 1. The largest absolute Gasteiger partial charge is 0.352 e. The van der Waals surface area contributed by atoms with E-state index < -0.39 is 6.04 Å². The van der Waals surface area contributed by atoms with Gasteiger partial charge in [-0.3, -0.25) is 14.4 Å². The van der Waals surface area contributed by atoms with E-state index in [1.165, 1.54) is 0 Å². The minimum absolute atomic E-state index is 0.0197. The molecule has 0 spiro atoms. The van der Waals surface area contributed by atoms with Gasteiger partial charge < -0.3 is 15.5 Å². The van der Waals surface area contributed by atoms with Crippen molar-refractivity contribution in [1.82, 2.24) is 15.5 Å². The van der Waals surface area contributed by atoms with Crippen LogP contribution in [0.3, 0.4) is 0 Å². The van der Waals surface area contributed by atoms with Crippen LogP contribution < -0.4 is 10.6 Å². The minimum atomic E-state index is -0.647.